The average Bonchev–Trinajstić information content (AvgIpc) is 2.69. The van der Waals surface area contributed by atoms with Crippen LogP contribution < -0.4 is 5.32 Å². The van der Waals surface area contributed by atoms with Crippen LogP contribution in [0.5, 0.6) is 0 Å². The topological polar surface area (TPSA) is 29.1 Å². The fraction of sp³-hybridized carbons (Fsp3) is 0.708. The summed E-state index contributed by atoms with van der Waals surface area (Å²) < 4.78 is 0. The maximum Gasteiger partial charge on any atom is 0.252 e. The quantitative estimate of drug-likeness (QED) is 0.229. The monoisotopic (exact) mass is 395 g/mol. The number of rotatable bonds is 16. The van der Waals surface area contributed by atoms with E-state index in [0.29, 0.717) is 5.56 Å². The summed E-state index contributed by atoms with van der Waals surface area (Å²) in [4.78, 5) is 10.4. The van der Waals surface area contributed by atoms with Crippen molar-refractivity contribution in [2.24, 2.45) is 0 Å². The van der Waals surface area contributed by atoms with Crippen molar-refractivity contribution in [3.63, 3.8) is 0 Å². The minimum absolute atomic E-state index is 0.407. The lowest BCUT2D eigenvalue weighted by Crippen LogP contribution is -2.06. The van der Waals surface area contributed by atoms with Gasteiger partial charge in [-0.05, 0) is 31.6 Å². The largest absolute Gasteiger partial charge is 0.320 e. The Kier molecular flexibility index (Phi) is 20.8. The van der Waals surface area contributed by atoms with E-state index in [0.717, 1.165) is 0 Å². The lowest BCUT2D eigenvalue weighted by atomic mass is 10.0. The zero-order chi connectivity index (χ0) is 20.0. The number of hydrogen-bond donors (Lipinski definition) is 1. The van der Waals surface area contributed by atoms with Crippen molar-refractivity contribution >= 4 is 16.8 Å². The summed E-state index contributed by atoms with van der Waals surface area (Å²) in [5.41, 5.74) is 0.541. The molecule has 0 saturated carbocycles. The molecule has 3 heteroatoms. The van der Waals surface area contributed by atoms with E-state index in [1.54, 1.807) is 24.3 Å². The van der Waals surface area contributed by atoms with Gasteiger partial charge in [0, 0.05) is 5.56 Å². The van der Waals surface area contributed by atoms with Crippen LogP contribution in [0.3, 0.4) is 0 Å². The SMILES string of the molecule is CCCCCCCCCCCCCCCCNC.O=C(Cl)c1ccccc1. The van der Waals surface area contributed by atoms with Crippen LogP contribution >= 0.6 is 11.6 Å². The van der Waals surface area contributed by atoms with Gasteiger partial charge in [0.05, 0.1) is 0 Å². The number of carbonyl (C=O) groups is 1. The first kappa shape index (κ1) is 26.1. The number of hydrogen-bond acceptors (Lipinski definition) is 2. The van der Waals surface area contributed by atoms with Crippen molar-refractivity contribution in [3.8, 4) is 0 Å². The van der Waals surface area contributed by atoms with Crippen LogP contribution in [0.4, 0.5) is 0 Å². The van der Waals surface area contributed by atoms with Gasteiger partial charge in [0.15, 0.2) is 0 Å². The third kappa shape index (κ3) is 19.7. The second-order valence-corrected chi connectivity index (χ2v) is 7.68. The molecule has 156 valence electrons. The van der Waals surface area contributed by atoms with Gasteiger partial charge in [-0.2, -0.15) is 0 Å². The third-order valence-electron chi connectivity index (χ3n) is 4.78. The number of halogens is 1. The molecular formula is C24H42ClNO. The van der Waals surface area contributed by atoms with Crippen molar-refractivity contribution in [2.45, 2.75) is 96.8 Å². The normalized spacial score (nSPS) is 10.3. The molecule has 1 N–H and O–H groups in total. The minimum Gasteiger partial charge on any atom is -0.320 e. The van der Waals surface area contributed by atoms with Crippen LogP contribution in [0.2, 0.25) is 0 Å². The molecule has 27 heavy (non-hydrogen) atoms. The molecule has 1 aromatic carbocycles. The molecule has 1 aromatic rings. The predicted molar refractivity (Wildman–Crippen MR) is 121 cm³/mol. The van der Waals surface area contributed by atoms with Crippen LogP contribution in [-0.4, -0.2) is 18.8 Å². The highest BCUT2D eigenvalue weighted by Crippen LogP contribution is 2.12. The van der Waals surface area contributed by atoms with E-state index < -0.39 is 5.24 Å². The molecule has 0 heterocycles. The summed E-state index contributed by atoms with van der Waals surface area (Å²) in [6.45, 7) is 3.48. The van der Waals surface area contributed by atoms with Crippen molar-refractivity contribution in [3.05, 3.63) is 35.9 Å². The van der Waals surface area contributed by atoms with E-state index in [2.05, 4.69) is 12.2 Å². The first-order chi connectivity index (χ1) is 13.2. The highest BCUT2D eigenvalue weighted by atomic mass is 35.5. The zero-order valence-corrected chi connectivity index (χ0v) is 18.5. The Bertz CT molecular complexity index is 406. The van der Waals surface area contributed by atoms with Gasteiger partial charge in [0.25, 0.3) is 5.24 Å². The molecule has 0 saturated heterocycles. The average molecular weight is 396 g/mol. The van der Waals surface area contributed by atoms with Gasteiger partial charge >= 0.3 is 0 Å². The van der Waals surface area contributed by atoms with E-state index in [1.165, 1.54) is 96.4 Å². The van der Waals surface area contributed by atoms with E-state index in [1.807, 2.05) is 13.1 Å². The summed E-state index contributed by atoms with van der Waals surface area (Å²) in [7, 11) is 2.04. The Morgan fingerprint density at radius 1 is 0.741 bits per heavy atom. The van der Waals surface area contributed by atoms with Crippen LogP contribution in [0.1, 0.15) is 107 Å². The van der Waals surface area contributed by atoms with Gasteiger partial charge in [-0.25, -0.2) is 0 Å². The Morgan fingerprint density at radius 2 is 1.15 bits per heavy atom. The summed E-state index contributed by atoms with van der Waals surface area (Å²) in [5.74, 6) is 0. The molecular weight excluding hydrogens is 354 g/mol. The maximum absolute atomic E-state index is 10.4. The van der Waals surface area contributed by atoms with Crippen LogP contribution in [0.25, 0.3) is 0 Å². The first-order valence-electron chi connectivity index (χ1n) is 11.1. The van der Waals surface area contributed by atoms with Crippen molar-refractivity contribution in [1.29, 1.82) is 0 Å². The molecule has 0 aliphatic rings. The predicted octanol–water partition coefficient (Wildman–Crippen LogP) is 7.75. The van der Waals surface area contributed by atoms with Gasteiger partial charge in [-0.3, -0.25) is 4.79 Å². The van der Waals surface area contributed by atoms with Gasteiger partial charge in [0.1, 0.15) is 0 Å². The molecule has 1 rings (SSSR count). The van der Waals surface area contributed by atoms with Gasteiger partial charge < -0.3 is 5.32 Å². The van der Waals surface area contributed by atoms with Crippen LogP contribution in [0.15, 0.2) is 30.3 Å². The van der Waals surface area contributed by atoms with E-state index >= 15 is 0 Å². The van der Waals surface area contributed by atoms with Gasteiger partial charge in [-0.15, -0.1) is 0 Å². The number of benzene rings is 1. The molecule has 0 unspecified atom stereocenters. The highest BCUT2D eigenvalue weighted by Gasteiger charge is 1.96. The van der Waals surface area contributed by atoms with E-state index in [4.69, 9.17) is 11.6 Å². The van der Waals surface area contributed by atoms with Crippen molar-refractivity contribution in [1.82, 2.24) is 5.32 Å². The molecule has 0 spiro atoms. The number of carbonyl (C=O) groups excluding carboxylic acids is 1. The number of nitrogens with one attached hydrogen (secondary N) is 1. The second kappa shape index (κ2) is 21.4. The Balaban J connectivity index is 0.000000621. The Labute approximate surface area is 173 Å². The Hall–Kier alpha value is -0.860. The van der Waals surface area contributed by atoms with Crippen LogP contribution in [-0.2, 0) is 0 Å². The fourth-order valence-electron chi connectivity index (χ4n) is 3.07. The molecule has 0 aliphatic heterocycles. The summed E-state index contributed by atoms with van der Waals surface area (Å²) in [6, 6.07) is 8.74. The van der Waals surface area contributed by atoms with Crippen molar-refractivity contribution < 1.29 is 4.79 Å². The molecule has 0 aliphatic carbocycles. The molecule has 0 radical (unpaired) electrons. The number of unbranched alkanes of at least 4 members (excludes halogenated alkanes) is 13. The molecule has 0 fully saturated rings. The minimum atomic E-state index is -0.407. The maximum atomic E-state index is 10.4. The summed E-state index contributed by atoms with van der Waals surface area (Å²) in [6.07, 6.45) is 20.3. The lowest BCUT2D eigenvalue weighted by molar-refractivity contribution is 0.108. The van der Waals surface area contributed by atoms with E-state index in [-0.39, 0.29) is 0 Å². The zero-order valence-electron chi connectivity index (χ0n) is 17.8. The highest BCUT2D eigenvalue weighted by molar-refractivity contribution is 6.67. The van der Waals surface area contributed by atoms with Gasteiger partial charge in [0.2, 0.25) is 0 Å². The standard InChI is InChI=1S/C17H37N.C7H5ClO/c1-3-4-5-6-7-8-9-10-11-12-13-14-15-16-17-18-2;8-7(9)6-4-2-1-3-5-6/h18H,3-17H2,1-2H3;1-5H. The second-order valence-electron chi connectivity index (χ2n) is 7.34. The smallest absolute Gasteiger partial charge is 0.252 e. The summed E-state index contributed by atoms with van der Waals surface area (Å²) >= 11 is 5.16. The van der Waals surface area contributed by atoms with Crippen molar-refractivity contribution in [2.75, 3.05) is 13.6 Å². The molecule has 0 aromatic heterocycles. The molecule has 0 bridgehead atoms. The molecule has 0 amide bonds. The van der Waals surface area contributed by atoms with Crippen LogP contribution in [0, 0.1) is 0 Å². The first-order valence-corrected chi connectivity index (χ1v) is 11.5. The molecule has 0 atom stereocenters. The van der Waals surface area contributed by atoms with E-state index in [9.17, 15) is 4.79 Å². The molecule has 2 nitrogen and oxygen atoms in total. The van der Waals surface area contributed by atoms with Gasteiger partial charge in [-0.1, -0.05) is 121 Å². The Morgan fingerprint density at radius 3 is 1.48 bits per heavy atom. The fourth-order valence-corrected chi connectivity index (χ4v) is 3.19. The lowest BCUT2D eigenvalue weighted by Gasteiger charge is -2.03. The summed E-state index contributed by atoms with van der Waals surface area (Å²) in [5, 5.41) is 2.80. The third-order valence-corrected chi connectivity index (χ3v) is 5.00.